The van der Waals surface area contributed by atoms with Gasteiger partial charge in [-0.25, -0.2) is 19.5 Å². The Balaban J connectivity index is 2.16. The first kappa shape index (κ1) is 24.8. The van der Waals surface area contributed by atoms with Crippen molar-refractivity contribution in [3.8, 4) is 0 Å². The van der Waals surface area contributed by atoms with Gasteiger partial charge in [-0.1, -0.05) is 19.6 Å². The zero-order chi connectivity index (χ0) is 22.7. The van der Waals surface area contributed by atoms with Crippen molar-refractivity contribution < 1.29 is 23.9 Å². The van der Waals surface area contributed by atoms with Crippen LogP contribution in [-0.4, -0.2) is 61.5 Å². The number of hydrogen-bond donors (Lipinski definition) is 2. The molecule has 1 aromatic heterocycles. The highest BCUT2D eigenvalue weighted by Crippen LogP contribution is 2.32. The van der Waals surface area contributed by atoms with E-state index in [2.05, 4.69) is 51.2 Å². The summed E-state index contributed by atoms with van der Waals surface area (Å²) in [5.74, 6) is -0.529. The summed E-state index contributed by atoms with van der Waals surface area (Å²) in [7, 11) is -1.30. The number of thiazole rings is 1. The Kier molecular flexibility index (Phi) is 7.70. The van der Waals surface area contributed by atoms with Gasteiger partial charge < -0.3 is 20.1 Å². The maximum atomic E-state index is 13.3. The fraction of sp³-hybridized carbons (Fsp3) is 0.667. The SMILES string of the molecule is CC(C)(C)OC(=O)NCC1(c2nc(Br)cs2)NC(=O)N(COCC[Si](C)(C)C)C1=O. The Morgan fingerprint density at radius 2 is 2.03 bits per heavy atom. The molecule has 1 aliphatic rings. The van der Waals surface area contributed by atoms with E-state index < -0.39 is 37.2 Å². The summed E-state index contributed by atoms with van der Waals surface area (Å²) in [6.07, 6.45) is -0.690. The molecule has 9 nitrogen and oxygen atoms in total. The number of nitrogens with one attached hydrogen (secondary N) is 2. The van der Waals surface area contributed by atoms with Gasteiger partial charge in [-0.05, 0) is 42.7 Å². The average Bonchev–Trinajstić information content (AvgIpc) is 3.11. The van der Waals surface area contributed by atoms with Crippen LogP contribution >= 0.6 is 27.3 Å². The predicted octanol–water partition coefficient (Wildman–Crippen LogP) is 3.49. The molecule has 30 heavy (non-hydrogen) atoms. The van der Waals surface area contributed by atoms with Gasteiger partial charge in [0.2, 0.25) is 0 Å². The molecule has 2 N–H and O–H groups in total. The fourth-order valence-electron chi connectivity index (χ4n) is 2.59. The molecule has 1 atom stereocenters. The van der Waals surface area contributed by atoms with Gasteiger partial charge in [0, 0.05) is 20.1 Å². The third kappa shape index (κ3) is 6.50. The molecule has 2 rings (SSSR count). The number of carbonyl (C=O) groups excluding carboxylic acids is 3. The summed E-state index contributed by atoms with van der Waals surface area (Å²) in [6.45, 7) is 12.0. The number of amides is 4. The van der Waals surface area contributed by atoms with Gasteiger partial charge in [-0.3, -0.25) is 4.79 Å². The molecule has 0 spiro atoms. The molecule has 1 aliphatic heterocycles. The molecular formula is C18H29BrN4O5SSi. The van der Waals surface area contributed by atoms with Gasteiger partial charge in [-0.15, -0.1) is 11.3 Å². The maximum Gasteiger partial charge on any atom is 0.407 e. The molecule has 4 amide bonds. The second kappa shape index (κ2) is 9.33. The highest BCUT2D eigenvalue weighted by atomic mass is 79.9. The Labute approximate surface area is 190 Å². The van der Waals surface area contributed by atoms with Crippen LogP contribution in [0, 0.1) is 0 Å². The van der Waals surface area contributed by atoms with Gasteiger partial charge >= 0.3 is 12.1 Å². The summed E-state index contributed by atoms with van der Waals surface area (Å²) < 4.78 is 11.4. The second-order valence-corrected chi connectivity index (χ2v) is 16.5. The number of ether oxygens (including phenoxy) is 2. The van der Waals surface area contributed by atoms with E-state index >= 15 is 0 Å². The van der Waals surface area contributed by atoms with E-state index in [1.165, 1.54) is 11.3 Å². The molecule has 2 heterocycles. The zero-order valence-corrected chi connectivity index (χ0v) is 21.5. The van der Waals surface area contributed by atoms with Crippen molar-refractivity contribution in [2.45, 2.75) is 57.6 Å². The number of aromatic nitrogens is 1. The van der Waals surface area contributed by atoms with Crippen LogP contribution in [0.1, 0.15) is 25.8 Å². The summed E-state index contributed by atoms with van der Waals surface area (Å²) in [6, 6.07) is 0.326. The first-order valence-corrected chi connectivity index (χ1v) is 14.9. The summed E-state index contributed by atoms with van der Waals surface area (Å²) >= 11 is 4.47. The third-order valence-electron chi connectivity index (χ3n) is 4.13. The lowest BCUT2D eigenvalue weighted by Gasteiger charge is -2.26. The molecule has 0 bridgehead atoms. The van der Waals surface area contributed by atoms with Crippen LogP contribution in [0.15, 0.2) is 9.98 Å². The second-order valence-electron chi connectivity index (χ2n) is 9.25. The number of alkyl carbamates (subject to hydrolysis) is 1. The molecule has 0 radical (unpaired) electrons. The Morgan fingerprint density at radius 1 is 1.37 bits per heavy atom. The lowest BCUT2D eigenvalue weighted by atomic mass is 10.0. The Hall–Kier alpha value is -1.50. The van der Waals surface area contributed by atoms with Crippen molar-refractivity contribution in [3.63, 3.8) is 0 Å². The minimum atomic E-state index is -1.52. The number of halogens is 1. The monoisotopic (exact) mass is 520 g/mol. The predicted molar refractivity (Wildman–Crippen MR) is 120 cm³/mol. The third-order valence-corrected chi connectivity index (χ3v) is 7.55. The molecule has 1 saturated heterocycles. The van der Waals surface area contributed by atoms with Crippen LogP contribution in [0.2, 0.25) is 25.7 Å². The van der Waals surface area contributed by atoms with Gasteiger partial charge in [0.1, 0.15) is 21.9 Å². The number of imide groups is 1. The molecule has 168 valence electrons. The highest BCUT2D eigenvalue weighted by Gasteiger charge is 2.55. The summed E-state index contributed by atoms with van der Waals surface area (Å²) in [5.41, 5.74) is -2.21. The minimum Gasteiger partial charge on any atom is -0.444 e. The van der Waals surface area contributed by atoms with Gasteiger partial charge in [0.05, 0.1) is 6.54 Å². The minimum absolute atomic E-state index is 0.157. The van der Waals surface area contributed by atoms with Crippen LogP contribution in [0.25, 0.3) is 0 Å². The highest BCUT2D eigenvalue weighted by molar-refractivity contribution is 9.10. The first-order chi connectivity index (χ1) is 13.7. The smallest absolute Gasteiger partial charge is 0.407 e. The molecule has 0 aromatic carbocycles. The molecule has 12 heteroatoms. The Bertz CT molecular complexity index is 807. The van der Waals surface area contributed by atoms with Gasteiger partial charge in [0.15, 0.2) is 5.54 Å². The molecule has 1 aromatic rings. The maximum absolute atomic E-state index is 13.3. The average molecular weight is 522 g/mol. The van der Waals surface area contributed by atoms with E-state index in [4.69, 9.17) is 9.47 Å². The Morgan fingerprint density at radius 3 is 2.57 bits per heavy atom. The fourth-order valence-corrected chi connectivity index (χ4v) is 4.74. The van der Waals surface area contributed by atoms with Crippen molar-refractivity contribution >= 4 is 53.4 Å². The summed E-state index contributed by atoms with van der Waals surface area (Å²) in [4.78, 5) is 43.3. The topological polar surface area (TPSA) is 110 Å². The van der Waals surface area contributed by atoms with Crippen molar-refractivity contribution in [3.05, 3.63) is 15.0 Å². The molecule has 0 saturated carbocycles. The van der Waals surface area contributed by atoms with Crippen LogP contribution in [0.4, 0.5) is 9.59 Å². The summed E-state index contributed by atoms with van der Waals surface area (Å²) in [5, 5.41) is 7.34. The van der Waals surface area contributed by atoms with Crippen LogP contribution in [0.3, 0.4) is 0 Å². The van der Waals surface area contributed by atoms with E-state index in [-0.39, 0.29) is 13.3 Å². The molecule has 0 aliphatic carbocycles. The number of rotatable bonds is 8. The normalized spacial score (nSPS) is 19.8. The first-order valence-electron chi connectivity index (χ1n) is 9.54. The van der Waals surface area contributed by atoms with E-state index in [9.17, 15) is 14.4 Å². The molecular weight excluding hydrogens is 492 g/mol. The van der Waals surface area contributed by atoms with E-state index in [0.29, 0.717) is 16.2 Å². The number of carbonyl (C=O) groups is 3. The van der Waals surface area contributed by atoms with Gasteiger partial charge in [-0.2, -0.15) is 0 Å². The van der Waals surface area contributed by atoms with Crippen molar-refractivity contribution in [1.29, 1.82) is 0 Å². The van der Waals surface area contributed by atoms with Crippen molar-refractivity contribution in [2.24, 2.45) is 0 Å². The molecule has 1 unspecified atom stereocenters. The van der Waals surface area contributed by atoms with E-state index in [1.54, 1.807) is 26.2 Å². The largest absolute Gasteiger partial charge is 0.444 e. The number of nitrogens with zero attached hydrogens (tertiary/aromatic N) is 2. The van der Waals surface area contributed by atoms with E-state index in [0.717, 1.165) is 10.9 Å². The molecule has 1 fully saturated rings. The number of hydrogen-bond acceptors (Lipinski definition) is 7. The lowest BCUT2D eigenvalue weighted by molar-refractivity contribution is -0.135. The van der Waals surface area contributed by atoms with Crippen molar-refractivity contribution in [2.75, 3.05) is 19.9 Å². The standard InChI is InChI=1S/C18H29BrN4O5SSi/c1-17(2,3)28-16(26)20-10-18(13-21-12(19)9-29-13)14(24)23(15(25)22-18)11-27-7-8-30(4,5)6/h9H,7-8,10-11H2,1-6H3,(H,20,26)(H,22,25). The van der Waals surface area contributed by atoms with Crippen LogP contribution in [-0.2, 0) is 19.8 Å². The quantitative estimate of drug-likeness (QED) is 0.308. The van der Waals surface area contributed by atoms with Gasteiger partial charge in [0.25, 0.3) is 5.91 Å². The lowest BCUT2D eigenvalue weighted by Crippen LogP contribution is -2.53. The van der Waals surface area contributed by atoms with Crippen LogP contribution in [0.5, 0.6) is 0 Å². The van der Waals surface area contributed by atoms with E-state index in [1.807, 2.05) is 0 Å². The number of urea groups is 1. The van der Waals surface area contributed by atoms with Crippen molar-refractivity contribution in [1.82, 2.24) is 20.5 Å². The zero-order valence-electron chi connectivity index (χ0n) is 18.1. The van der Waals surface area contributed by atoms with Crippen LogP contribution < -0.4 is 10.6 Å².